The number of amides is 1. The number of halogens is 3. The van der Waals surface area contributed by atoms with Crippen LogP contribution in [-0.4, -0.2) is 10.9 Å². The number of carbonyl (C=O) groups is 1. The van der Waals surface area contributed by atoms with Gasteiger partial charge in [0.25, 0.3) is 5.91 Å². The smallest absolute Gasteiger partial charge is 0.275 e. The fourth-order valence-corrected chi connectivity index (χ4v) is 2.44. The van der Waals surface area contributed by atoms with Crippen LogP contribution in [0, 0.1) is 11.6 Å². The lowest BCUT2D eigenvalue weighted by atomic mass is 10.3. The first-order chi connectivity index (χ1) is 9.38. The molecule has 0 aliphatic rings. The van der Waals surface area contributed by atoms with E-state index in [4.69, 9.17) is 17.3 Å². The quantitative estimate of drug-likeness (QED) is 0.912. The Hall–Kier alpha value is -1.57. The second-order valence-electron chi connectivity index (χ2n) is 4.06. The van der Waals surface area contributed by atoms with Gasteiger partial charge in [-0.2, -0.15) is 0 Å². The highest BCUT2D eigenvalue weighted by Gasteiger charge is 2.17. The summed E-state index contributed by atoms with van der Waals surface area (Å²) in [6, 6.07) is 1.25. The molecule has 0 aliphatic heterocycles. The maximum Gasteiger partial charge on any atom is 0.275 e. The highest BCUT2D eigenvalue weighted by Crippen LogP contribution is 2.27. The third-order valence-corrected chi connectivity index (χ3v) is 3.73. The van der Waals surface area contributed by atoms with Gasteiger partial charge < -0.3 is 11.1 Å². The van der Waals surface area contributed by atoms with E-state index >= 15 is 0 Å². The van der Waals surface area contributed by atoms with E-state index in [2.05, 4.69) is 10.3 Å². The number of nitrogens with two attached hydrogens (primary N) is 1. The second kappa shape index (κ2) is 5.82. The van der Waals surface area contributed by atoms with Gasteiger partial charge in [0.15, 0.2) is 5.82 Å². The number of nitrogens with one attached hydrogen (secondary N) is 1. The van der Waals surface area contributed by atoms with Gasteiger partial charge in [-0.25, -0.2) is 13.8 Å². The monoisotopic (exact) mass is 317 g/mol. The molecular weight excluding hydrogens is 308 g/mol. The summed E-state index contributed by atoms with van der Waals surface area (Å²) in [4.78, 5) is 15.9. The van der Waals surface area contributed by atoms with Crippen LogP contribution in [0.4, 0.5) is 14.5 Å². The van der Waals surface area contributed by atoms with E-state index in [1.54, 1.807) is 6.92 Å². The first kappa shape index (κ1) is 14.8. The minimum absolute atomic E-state index is 0.0992. The van der Waals surface area contributed by atoms with Crippen LogP contribution in [0.1, 0.15) is 28.5 Å². The van der Waals surface area contributed by atoms with E-state index in [1.807, 2.05) is 0 Å². The summed E-state index contributed by atoms with van der Waals surface area (Å²) in [6.07, 6.45) is 0. The van der Waals surface area contributed by atoms with Crippen molar-refractivity contribution in [3.05, 3.63) is 44.9 Å². The molecule has 0 radical (unpaired) electrons. The van der Waals surface area contributed by atoms with Gasteiger partial charge in [-0.15, -0.1) is 11.3 Å². The summed E-state index contributed by atoms with van der Waals surface area (Å²) in [5.74, 6) is -2.41. The lowest BCUT2D eigenvalue weighted by molar-refractivity contribution is 0.102. The predicted molar refractivity (Wildman–Crippen MR) is 74.0 cm³/mol. The maximum atomic E-state index is 13.5. The maximum absolute atomic E-state index is 13.5. The second-order valence-corrected chi connectivity index (χ2v) is 5.36. The summed E-state index contributed by atoms with van der Waals surface area (Å²) < 4.78 is 26.4. The molecule has 2 rings (SSSR count). The normalized spacial score (nSPS) is 12.2. The van der Waals surface area contributed by atoms with Crippen molar-refractivity contribution in [2.45, 2.75) is 13.0 Å². The fraction of sp³-hybridized carbons (Fsp3) is 0.167. The molecule has 1 aromatic heterocycles. The van der Waals surface area contributed by atoms with Gasteiger partial charge in [-0.3, -0.25) is 4.79 Å². The predicted octanol–water partition coefficient (Wildman–Crippen LogP) is 3.35. The molecule has 0 aliphatic carbocycles. The Kier molecular flexibility index (Phi) is 4.32. The van der Waals surface area contributed by atoms with Crippen LogP contribution in [0.15, 0.2) is 17.5 Å². The highest BCUT2D eigenvalue weighted by molar-refractivity contribution is 7.09. The third kappa shape index (κ3) is 3.12. The third-order valence-electron chi connectivity index (χ3n) is 2.39. The lowest BCUT2D eigenvalue weighted by Crippen LogP contribution is -2.14. The van der Waals surface area contributed by atoms with Gasteiger partial charge >= 0.3 is 0 Å². The van der Waals surface area contributed by atoms with Gasteiger partial charge in [-0.05, 0) is 13.0 Å². The molecule has 0 spiro atoms. The number of hydrogen-bond donors (Lipinski definition) is 2. The number of anilines is 1. The first-order valence-corrected chi connectivity index (χ1v) is 6.81. The topological polar surface area (TPSA) is 68.0 Å². The van der Waals surface area contributed by atoms with E-state index in [-0.39, 0.29) is 22.4 Å². The number of aromatic nitrogens is 1. The zero-order valence-corrected chi connectivity index (χ0v) is 11.9. The summed E-state index contributed by atoms with van der Waals surface area (Å²) in [5.41, 5.74) is 5.45. The van der Waals surface area contributed by atoms with Crippen molar-refractivity contribution in [2.24, 2.45) is 5.73 Å². The van der Waals surface area contributed by atoms with Crippen molar-refractivity contribution in [3.8, 4) is 0 Å². The molecule has 0 bridgehead atoms. The SMILES string of the molecule is CC(N)c1nc(C(=O)Nc2c(F)cc(F)cc2Cl)cs1. The summed E-state index contributed by atoms with van der Waals surface area (Å²) in [6.45, 7) is 1.73. The molecule has 106 valence electrons. The Labute approximate surface area is 122 Å². The lowest BCUT2D eigenvalue weighted by Gasteiger charge is -2.07. The Morgan fingerprint density at radius 1 is 1.50 bits per heavy atom. The van der Waals surface area contributed by atoms with Crippen LogP contribution in [0.25, 0.3) is 0 Å². The molecule has 0 saturated heterocycles. The van der Waals surface area contributed by atoms with Crippen molar-refractivity contribution < 1.29 is 13.6 Å². The van der Waals surface area contributed by atoms with E-state index in [0.717, 1.165) is 6.07 Å². The molecule has 1 unspecified atom stereocenters. The van der Waals surface area contributed by atoms with Crippen LogP contribution < -0.4 is 11.1 Å². The number of benzene rings is 1. The number of hydrogen-bond acceptors (Lipinski definition) is 4. The summed E-state index contributed by atoms with van der Waals surface area (Å²) in [5, 5.41) is 4.13. The largest absolute Gasteiger partial charge is 0.322 e. The van der Waals surface area contributed by atoms with E-state index in [9.17, 15) is 13.6 Å². The zero-order valence-electron chi connectivity index (χ0n) is 10.3. The van der Waals surface area contributed by atoms with Crippen LogP contribution in [0.3, 0.4) is 0 Å². The Morgan fingerprint density at radius 2 is 2.20 bits per heavy atom. The molecule has 1 amide bonds. The Bertz CT molecular complexity index is 637. The van der Waals surface area contributed by atoms with Crippen molar-refractivity contribution in [1.82, 2.24) is 4.98 Å². The molecular formula is C12H10ClF2N3OS. The van der Waals surface area contributed by atoms with Gasteiger partial charge in [0, 0.05) is 11.4 Å². The Morgan fingerprint density at radius 3 is 2.75 bits per heavy atom. The molecule has 0 saturated carbocycles. The van der Waals surface area contributed by atoms with Gasteiger partial charge in [0.1, 0.15) is 16.5 Å². The van der Waals surface area contributed by atoms with E-state index in [0.29, 0.717) is 11.1 Å². The van der Waals surface area contributed by atoms with Crippen molar-refractivity contribution in [3.63, 3.8) is 0 Å². The van der Waals surface area contributed by atoms with Gasteiger partial charge in [0.2, 0.25) is 0 Å². The number of rotatable bonds is 3. The molecule has 1 aromatic carbocycles. The van der Waals surface area contributed by atoms with Crippen LogP contribution in [-0.2, 0) is 0 Å². The average Bonchev–Trinajstić information content (AvgIpc) is 2.83. The van der Waals surface area contributed by atoms with Crippen LogP contribution in [0.2, 0.25) is 5.02 Å². The molecule has 20 heavy (non-hydrogen) atoms. The molecule has 4 nitrogen and oxygen atoms in total. The van der Waals surface area contributed by atoms with Crippen molar-refractivity contribution >= 4 is 34.5 Å². The van der Waals surface area contributed by atoms with E-state index < -0.39 is 17.5 Å². The molecule has 0 fully saturated rings. The standard InChI is InChI=1S/C12H10ClF2N3OS/c1-5(16)12-17-9(4-20-12)11(19)18-10-7(13)2-6(14)3-8(10)15/h2-5H,16H2,1H3,(H,18,19). The first-order valence-electron chi connectivity index (χ1n) is 5.55. The van der Waals surface area contributed by atoms with Crippen LogP contribution in [0.5, 0.6) is 0 Å². The molecule has 3 N–H and O–H groups in total. The molecule has 1 heterocycles. The number of nitrogens with zero attached hydrogens (tertiary/aromatic N) is 1. The molecule has 1 atom stereocenters. The average molecular weight is 318 g/mol. The van der Waals surface area contributed by atoms with Crippen molar-refractivity contribution in [2.75, 3.05) is 5.32 Å². The minimum Gasteiger partial charge on any atom is -0.322 e. The van der Waals surface area contributed by atoms with Crippen LogP contribution >= 0.6 is 22.9 Å². The Balaban J connectivity index is 2.23. The molecule has 8 heteroatoms. The fourth-order valence-electron chi connectivity index (χ4n) is 1.44. The van der Waals surface area contributed by atoms with Crippen molar-refractivity contribution in [1.29, 1.82) is 0 Å². The molecule has 2 aromatic rings. The van der Waals surface area contributed by atoms with Gasteiger partial charge in [-0.1, -0.05) is 11.6 Å². The number of thiazole rings is 1. The zero-order chi connectivity index (χ0) is 14.9. The minimum atomic E-state index is -0.953. The van der Waals surface area contributed by atoms with Gasteiger partial charge in [0.05, 0.1) is 16.8 Å². The summed E-state index contributed by atoms with van der Waals surface area (Å²) in [7, 11) is 0. The highest BCUT2D eigenvalue weighted by atomic mass is 35.5. The van der Waals surface area contributed by atoms with E-state index in [1.165, 1.54) is 16.7 Å². The summed E-state index contributed by atoms with van der Waals surface area (Å²) >= 11 is 6.91. The number of carbonyl (C=O) groups excluding carboxylic acids is 1.